The summed E-state index contributed by atoms with van der Waals surface area (Å²) in [7, 11) is 0. The van der Waals surface area contributed by atoms with Gasteiger partial charge in [0, 0.05) is 30.1 Å². The van der Waals surface area contributed by atoms with Gasteiger partial charge < -0.3 is 5.11 Å². The van der Waals surface area contributed by atoms with Gasteiger partial charge in [-0.15, -0.1) is 11.3 Å². The van der Waals surface area contributed by atoms with Crippen molar-refractivity contribution in [2.75, 3.05) is 13.1 Å². The first-order valence-corrected chi connectivity index (χ1v) is 7.43. The van der Waals surface area contributed by atoms with E-state index in [1.54, 1.807) is 11.3 Å². The Hall–Kier alpha value is -0.450. The number of hydrogen-bond acceptors (Lipinski definition) is 4. The quantitative estimate of drug-likeness (QED) is 0.874. The lowest BCUT2D eigenvalue weighted by Crippen LogP contribution is -2.48. The molecule has 2 fully saturated rings. The van der Waals surface area contributed by atoms with Gasteiger partial charge >= 0.3 is 0 Å². The molecular formula is C13H20N2OS. The van der Waals surface area contributed by atoms with Crippen LogP contribution in [0.3, 0.4) is 0 Å². The van der Waals surface area contributed by atoms with E-state index in [0.29, 0.717) is 6.04 Å². The van der Waals surface area contributed by atoms with Crippen LogP contribution in [0.2, 0.25) is 0 Å². The number of aliphatic hydroxyl groups is 1. The number of aromatic nitrogens is 1. The number of nitrogens with zero attached hydrogens (tertiary/aromatic N) is 2. The average Bonchev–Trinajstić information content (AvgIpc) is 2.86. The van der Waals surface area contributed by atoms with Crippen LogP contribution in [0.1, 0.15) is 36.4 Å². The second kappa shape index (κ2) is 4.34. The predicted molar refractivity (Wildman–Crippen MR) is 69.3 cm³/mol. The topological polar surface area (TPSA) is 36.4 Å². The Bertz CT molecular complexity index is 406. The first kappa shape index (κ1) is 11.6. The van der Waals surface area contributed by atoms with E-state index in [1.807, 2.05) is 6.92 Å². The molecule has 0 spiro atoms. The zero-order valence-electron chi connectivity index (χ0n) is 10.4. The molecule has 1 N–H and O–H groups in total. The van der Waals surface area contributed by atoms with Gasteiger partial charge in [0.25, 0.3) is 0 Å². The summed E-state index contributed by atoms with van der Waals surface area (Å²) in [5.41, 5.74) is 0.553. The van der Waals surface area contributed by atoms with Crippen molar-refractivity contribution >= 4 is 11.3 Å². The molecule has 0 aromatic carbocycles. The Labute approximate surface area is 106 Å². The third-order valence-electron chi connectivity index (χ3n) is 4.19. The van der Waals surface area contributed by atoms with Crippen LogP contribution in [-0.2, 0) is 6.42 Å². The molecule has 94 valence electrons. The van der Waals surface area contributed by atoms with Gasteiger partial charge in [-0.25, -0.2) is 4.98 Å². The van der Waals surface area contributed by atoms with Crippen molar-refractivity contribution in [2.45, 2.75) is 50.7 Å². The van der Waals surface area contributed by atoms with Crippen LogP contribution in [0.25, 0.3) is 0 Å². The molecule has 0 aliphatic carbocycles. The third-order valence-corrected chi connectivity index (χ3v) is 5.16. The lowest BCUT2D eigenvalue weighted by atomic mass is 9.86. The maximum Gasteiger partial charge on any atom is 0.0957 e. The summed E-state index contributed by atoms with van der Waals surface area (Å²) in [6.07, 6.45) is 5.37. The van der Waals surface area contributed by atoms with Crippen molar-refractivity contribution in [1.82, 2.24) is 9.88 Å². The van der Waals surface area contributed by atoms with Gasteiger partial charge in [0.15, 0.2) is 0 Å². The molecule has 1 aromatic heterocycles. The van der Waals surface area contributed by atoms with E-state index in [9.17, 15) is 5.11 Å². The van der Waals surface area contributed by atoms with Gasteiger partial charge in [-0.3, -0.25) is 4.90 Å². The molecule has 2 aliphatic rings. The highest BCUT2D eigenvalue weighted by molar-refractivity contribution is 7.09. The first-order chi connectivity index (χ1) is 8.17. The molecule has 17 heavy (non-hydrogen) atoms. The smallest absolute Gasteiger partial charge is 0.0957 e. The molecule has 2 saturated heterocycles. The van der Waals surface area contributed by atoms with Gasteiger partial charge in [-0.05, 0) is 32.7 Å². The Morgan fingerprint density at radius 1 is 1.53 bits per heavy atom. The number of fused-ring (bicyclic) bond motifs is 1. The molecule has 3 nitrogen and oxygen atoms in total. The van der Waals surface area contributed by atoms with Crippen molar-refractivity contribution in [3.63, 3.8) is 0 Å². The minimum atomic E-state index is -0.523. The van der Waals surface area contributed by atoms with Gasteiger partial charge in [0.2, 0.25) is 0 Å². The predicted octanol–water partition coefficient (Wildman–Crippen LogP) is 1.98. The van der Waals surface area contributed by atoms with E-state index in [2.05, 4.69) is 15.3 Å². The summed E-state index contributed by atoms with van der Waals surface area (Å²) in [4.78, 5) is 6.97. The summed E-state index contributed by atoms with van der Waals surface area (Å²) >= 11 is 1.68. The molecule has 1 aromatic rings. The Morgan fingerprint density at radius 3 is 3.18 bits per heavy atom. The van der Waals surface area contributed by atoms with Crippen LogP contribution in [-0.4, -0.2) is 39.7 Å². The molecule has 0 bridgehead atoms. The molecule has 3 heterocycles. The molecule has 3 rings (SSSR count). The molecule has 0 amide bonds. The Morgan fingerprint density at radius 2 is 2.41 bits per heavy atom. The first-order valence-electron chi connectivity index (χ1n) is 6.55. The van der Waals surface area contributed by atoms with Crippen LogP contribution in [0.5, 0.6) is 0 Å². The number of thiazole rings is 1. The summed E-state index contributed by atoms with van der Waals surface area (Å²) < 4.78 is 0. The molecular weight excluding hydrogens is 232 g/mol. The van der Waals surface area contributed by atoms with Crippen molar-refractivity contribution in [3.05, 3.63) is 16.1 Å². The second-order valence-electron chi connectivity index (χ2n) is 5.46. The minimum Gasteiger partial charge on any atom is -0.388 e. The summed E-state index contributed by atoms with van der Waals surface area (Å²) in [5, 5.41) is 14.0. The summed E-state index contributed by atoms with van der Waals surface area (Å²) in [6, 6.07) is 0.375. The maximum atomic E-state index is 10.9. The number of aryl methyl sites for hydroxylation is 1. The van der Waals surface area contributed by atoms with Gasteiger partial charge in [0.05, 0.1) is 10.6 Å². The minimum absolute atomic E-state index is 0.375. The normalized spacial score (nSPS) is 33.9. The van der Waals surface area contributed by atoms with E-state index >= 15 is 0 Å². The van der Waals surface area contributed by atoms with E-state index < -0.39 is 5.60 Å². The molecule has 0 saturated carbocycles. The molecule has 2 atom stereocenters. The van der Waals surface area contributed by atoms with Gasteiger partial charge in [-0.2, -0.15) is 0 Å². The average molecular weight is 252 g/mol. The highest BCUT2D eigenvalue weighted by atomic mass is 32.1. The van der Waals surface area contributed by atoms with Crippen LogP contribution >= 0.6 is 11.3 Å². The lowest BCUT2D eigenvalue weighted by molar-refractivity contribution is -0.00889. The van der Waals surface area contributed by atoms with Gasteiger partial charge in [-0.1, -0.05) is 6.42 Å². The second-order valence-corrected chi connectivity index (χ2v) is 6.40. The summed E-state index contributed by atoms with van der Waals surface area (Å²) in [6.45, 7) is 4.25. The van der Waals surface area contributed by atoms with E-state index in [0.717, 1.165) is 36.5 Å². The highest BCUT2D eigenvalue weighted by Crippen LogP contribution is 2.37. The fourth-order valence-electron chi connectivity index (χ4n) is 3.32. The van der Waals surface area contributed by atoms with Crippen LogP contribution < -0.4 is 0 Å². The lowest BCUT2D eigenvalue weighted by Gasteiger charge is -2.37. The molecule has 0 radical (unpaired) electrons. The fraction of sp³-hybridized carbons (Fsp3) is 0.769. The monoisotopic (exact) mass is 252 g/mol. The van der Waals surface area contributed by atoms with Crippen molar-refractivity contribution in [1.29, 1.82) is 0 Å². The molecule has 2 aliphatic heterocycles. The van der Waals surface area contributed by atoms with Crippen molar-refractivity contribution in [2.24, 2.45) is 0 Å². The van der Waals surface area contributed by atoms with E-state index in [1.165, 1.54) is 19.4 Å². The van der Waals surface area contributed by atoms with Gasteiger partial charge in [0.1, 0.15) is 0 Å². The standard InChI is InChI=1S/C13H20N2OS/c1-10-9-17-12(14-10)8-13(16)5-7-15-6-3-2-4-11(13)15/h9,11,16H,2-8H2,1H3. The van der Waals surface area contributed by atoms with Crippen molar-refractivity contribution < 1.29 is 5.11 Å². The third kappa shape index (κ3) is 2.14. The van der Waals surface area contributed by atoms with Crippen LogP contribution in [0, 0.1) is 6.92 Å². The number of rotatable bonds is 2. The van der Waals surface area contributed by atoms with Crippen LogP contribution in [0.15, 0.2) is 5.38 Å². The zero-order valence-corrected chi connectivity index (χ0v) is 11.2. The SMILES string of the molecule is Cc1csc(CC2(O)CCN3CCCCC32)n1. The fourth-order valence-corrected chi connectivity index (χ4v) is 4.21. The molecule has 2 unspecified atom stereocenters. The molecule has 4 heteroatoms. The largest absolute Gasteiger partial charge is 0.388 e. The van der Waals surface area contributed by atoms with E-state index in [-0.39, 0.29) is 0 Å². The van der Waals surface area contributed by atoms with Crippen molar-refractivity contribution in [3.8, 4) is 0 Å². The summed E-state index contributed by atoms with van der Waals surface area (Å²) in [5.74, 6) is 0. The Kier molecular flexibility index (Phi) is 2.97. The maximum absolute atomic E-state index is 10.9. The Balaban J connectivity index is 1.76. The zero-order chi connectivity index (χ0) is 11.9. The number of piperidine rings is 1. The number of hydrogen-bond donors (Lipinski definition) is 1. The highest BCUT2D eigenvalue weighted by Gasteiger charge is 2.46. The van der Waals surface area contributed by atoms with Crippen LogP contribution in [0.4, 0.5) is 0 Å². The van der Waals surface area contributed by atoms with E-state index in [4.69, 9.17) is 0 Å².